The van der Waals surface area contributed by atoms with Crippen LogP contribution in [-0.2, 0) is 13.0 Å². The molecule has 0 spiro atoms. The van der Waals surface area contributed by atoms with Gasteiger partial charge in [-0.2, -0.15) is 0 Å². The Hall–Kier alpha value is -2.29. The Morgan fingerprint density at radius 3 is 2.85 bits per heavy atom. The van der Waals surface area contributed by atoms with Crippen LogP contribution < -0.4 is 4.90 Å². The Morgan fingerprint density at radius 1 is 1.05 bits per heavy atom. The number of anilines is 1. The zero-order chi connectivity index (χ0) is 13.5. The molecule has 3 heteroatoms. The van der Waals surface area contributed by atoms with Gasteiger partial charge in [-0.3, -0.25) is 0 Å². The van der Waals surface area contributed by atoms with Gasteiger partial charge in [0.05, 0.1) is 0 Å². The number of hydrogen-bond acceptors (Lipinski definition) is 1. The summed E-state index contributed by atoms with van der Waals surface area (Å²) in [6.07, 6.45) is 0.973. The van der Waals surface area contributed by atoms with Crippen molar-refractivity contribution in [3.05, 3.63) is 65.6 Å². The predicted octanol–water partition coefficient (Wildman–Crippen LogP) is 3.87. The SMILES string of the molecule is Fc1cccc(N2CCc3[nH]c4ccccc4c3C2)c1. The van der Waals surface area contributed by atoms with Gasteiger partial charge in [0.15, 0.2) is 0 Å². The molecule has 1 aliphatic rings. The third-order valence-corrected chi connectivity index (χ3v) is 4.06. The van der Waals surface area contributed by atoms with E-state index in [-0.39, 0.29) is 5.82 Å². The summed E-state index contributed by atoms with van der Waals surface area (Å²) in [5.74, 6) is -0.174. The lowest BCUT2D eigenvalue weighted by molar-refractivity contribution is 0.625. The van der Waals surface area contributed by atoms with Crippen molar-refractivity contribution in [1.82, 2.24) is 4.98 Å². The van der Waals surface area contributed by atoms with Crippen molar-refractivity contribution >= 4 is 16.6 Å². The second kappa shape index (κ2) is 4.37. The molecule has 2 aromatic carbocycles. The summed E-state index contributed by atoms with van der Waals surface area (Å²) >= 11 is 0. The molecule has 0 unspecified atom stereocenters. The number of rotatable bonds is 1. The average Bonchev–Trinajstić information content (AvgIpc) is 2.85. The van der Waals surface area contributed by atoms with Gasteiger partial charge in [0, 0.05) is 47.4 Å². The van der Waals surface area contributed by atoms with Crippen LogP contribution in [0.2, 0.25) is 0 Å². The fourth-order valence-corrected chi connectivity index (χ4v) is 3.06. The molecule has 3 aromatic rings. The molecule has 0 bridgehead atoms. The minimum Gasteiger partial charge on any atom is -0.367 e. The molecule has 2 heterocycles. The molecule has 0 saturated heterocycles. The van der Waals surface area contributed by atoms with E-state index in [9.17, 15) is 4.39 Å². The van der Waals surface area contributed by atoms with E-state index in [4.69, 9.17) is 0 Å². The smallest absolute Gasteiger partial charge is 0.125 e. The minimum absolute atomic E-state index is 0.174. The molecule has 0 fully saturated rings. The number of aromatic amines is 1. The highest BCUT2D eigenvalue weighted by molar-refractivity contribution is 5.85. The van der Waals surface area contributed by atoms with Crippen LogP contribution in [0.25, 0.3) is 10.9 Å². The van der Waals surface area contributed by atoms with Crippen LogP contribution in [0.15, 0.2) is 48.5 Å². The number of nitrogens with zero attached hydrogens (tertiary/aromatic N) is 1. The standard InChI is InChI=1S/C17H15FN2/c18-12-4-3-5-13(10-12)20-9-8-17-15(11-20)14-6-1-2-7-16(14)19-17/h1-7,10,19H,8-9,11H2. The number of benzene rings is 2. The van der Waals surface area contributed by atoms with E-state index < -0.39 is 0 Å². The van der Waals surface area contributed by atoms with E-state index in [0.717, 1.165) is 25.2 Å². The quantitative estimate of drug-likeness (QED) is 0.708. The first kappa shape index (κ1) is 11.5. The van der Waals surface area contributed by atoms with Gasteiger partial charge in [0.1, 0.15) is 5.82 Å². The highest BCUT2D eigenvalue weighted by atomic mass is 19.1. The highest BCUT2D eigenvalue weighted by Gasteiger charge is 2.20. The molecular weight excluding hydrogens is 251 g/mol. The first-order chi connectivity index (χ1) is 9.81. The van der Waals surface area contributed by atoms with Crippen LogP contribution in [0, 0.1) is 5.82 Å². The van der Waals surface area contributed by atoms with E-state index in [1.54, 1.807) is 12.1 Å². The summed E-state index contributed by atoms with van der Waals surface area (Å²) in [6.45, 7) is 1.76. The lowest BCUT2D eigenvalue weighted by Gasteiger charge is -2.29. The highest BCUT2D eigenvalue weighted by Crippen LogP contribution is 2.30. The molecule has 1 N–H and O–H groups in total. The van der Waals surface area contributed by atoms with Crippen molar-refractivity contribution in [3.8, 4) is 0 Å². The van der Waals surface area contributed by atoms with Crippen LogP contribution in [0.5, 0.6) is 0 Å². The molecule has 0 amide bonds. The largest absolute Gasteiger partial charge is 0.367 e. The number of halogens is 1. The molecular formula is C17H15FN2. The molecule has 4 rings (SSSR count). The van der Waals surface area contributed by atoms with Crippen LogP contribution in [-0.4, -0.2) is 11.5 Å². The molecule has 100 valence electrons. The van der Waals surface area contributed by atoms with Crippen LogP contribution in [0.3, 0.4) is 0 Å². The Labute approximate surface area is 116 Å². The Bertz CT molecular complexity index is 776. The van der Waals surface area contributed by atoms with E-state index in [2.05, 4.69) is 34.1 Å². The molecule has 0 saturated carbocycles. The van der Waals surface area contributed by atoms with Gasteiger partial charge < -0.3 is 9.88 Å². The zero-order valence-corrected chi connectivity index (χ0v) is 11.1. The lowest BCUT2D eigenvalue weighted by Crippen LogP contribution is -2.30. The maximum Gasteiger partial charge on any atom is 0.125 e. The maximum atomic E-state index is 13.4. The van der Waals surface area contributed by atoms with E-state index in [1.165, 1.54) is 28.2 Å². The van der Waals surface area contributed by atoms with Gasteiger partial charge in [-0.25, -0.2) is 4.39 Å². The first-order valence-electron chi connectivity index (χ1n) is 6.90. The summed E-state index contributed by atoms with van der Waals surface area (Å²) < 4.78 is 13.4. The predicted molar refractivity (Wildman–Crippen MR) is 79.5 cm³/mol. The maximum absolute atomic E-state index is 13.4. The molecule has 2 nitrogen and oxygen atoms in total. The zero-order valence-electron chi connectivity index (χ0n) is 11.1. The van der Waals surface area contributed by atoms with Gasteiger partial charge in [0.25, 0.3) is 0 Å². The van der Waals surface area contributed by atoms with Crippen molar-refractivity contribution in [2.45, 2.75) is 13.0 Å². The third-order valence-electron chi connectivity index (χ3n) is 4.06. The van der Waals surface area contributed by atoms with Gasteiger partial charge in [-0.15, -0.1) is 0 Å². The topological polar surface area (TPSA) is 19.0 Å². The fourth-order valence-electron chi connectivity index (χ4n) is 3.06. The van der Waals surface area contributed by atoms with Crippen LogP contribution in [0.4, 0.5) is 10.1 Å². The fraction of sp³-hybridized carbons (Fsp3) is 0.176. The number of hydrogen-bond donors (Lipinski definition) is 1. The Balaban J connectivity index is 1.75. The third kappa shape index (κ3) is 1.78. The Kier molecular flexibility index (Phi) is 2.52. The van der Waals surface area contributed by atoms with E-state index >= 15 is 0 Å². The summed E-state index contributed by atoms with van der Waals surface area (Å²) in [5, 5.41) is 1.28. The average molecular weight is 266 g/mol. The summed E-state index contributed by atoms with van der Waals surface area (Å²) in [4.78, 5) is 5.74. The van der Waals surface area contributed by atoms with Gasteiger partial charge in [-0.1, -0.05) is 24.3 Å². The van der Waals surface area contributed by atoms with Crippen molar-refractivity contribution in [2.75, 3.05) is 11.4 Å². The van der Waals surface area contributed by atoms with Gasteiger partial charge in [0.2, 0.25) is 0 Å². The number of para-hydroxylation sites is 1. The second-order valence-corrected chi connectivity index (χ2v) is 5.28. The summed E-state index contributed by atoms with van der Waals surface area (Å²) in [5.41, 5.74) is 4.81. The Morgan fingerprint density at radius 2 is 1.95 bits per heavy atom. The van der Waals surface area contributed by atoms with E-state index in [1.807, 2.05) is 6.07 Å². The number of aromatic nitrogens is 1. The van der Waals surface area contributed by atoms with Gasteiger partial charge in [-0.05, 0) is 24.3 Å². The van der Waals surface area contributed by atoms with Crippen LogP contribution >= 0.6 is 0 Å². The number of H-pyrrole nitrogens is 1. The lowest BCUT2D eigenvalue weighted by atomic mass is 10.0. The van der Waals surface area contributed by atoms with Crippen molar-refractivity contribution in [3.63, 3.8) is 0 Å². The molecule has 1 aromatic heterocycles. The summed E-state index contributed by atoms with van der Waals surface area (Å²) in [7, 11) is 0. The van der Waals surface area contributed by atoms with E-state index in [0.29, 0.717) is 0 Å². The molecule has 0 radical (unpaired) electrons. The normalized spacial score (nSPS) is 14.6. The van der Waals surface area contributed by atoms with Crippen molar-refractivity contribution in [1.29, 1.82) is 0 Å². The van der Waals surface area contributed by atoms with Gasteiger partial charge >= 0.3 is 0 Å². The summed E-state index contributed by atoms with van der Waals surface area (Å²) in [6, 6.07) is 15.2. The second-order valence-electron chi connectivity index (χ2n) is 5.28. The van der Waals surface area contributed by atoms with Crippen molar-refractivity contribution in [2.24, 2.45) is 0 Å². The first-order valence-corrected chi connectivity index (χ1v) is 6.90. The molecule has 0 atom stereocenters. The van der Waals surface area contributed by atoms with Crippen LogP contribution in [0.1, 0.15) is 11.3 Å². The molecule has 1 aliphatic heterocycles. The molecule has 20 heavy (non-hydrogen) atoms. The van der Waals surface area contributed by atoms with Crippen molar-refractivity contribution < 1.29 is 4.39 Å². The minimum atomic E-state index is -0.174. The molecule has 0 aliphatic carbocycles. The number of nitrogens with one attached hydrogen (secondary N) is 1. The monoisotopic (exact) mass is 266 g/mol. The number of fused-ring (bicyclic) bond motifs is 3.